The fraction of sp³-hybridized carbons (Fsp3) is 0.333. The van der Waals surface area contributed by atoms with Crippen molar-refractivity contribution in [1.29, 1.82) is 0 Å². The third-order valence-electron chi connectivity index (χ3n) is 4.47. The van der Waals surface area contributed by atoms with Crippen molar-refractivity contribution in [2.24, 2.45) is 0 Å². The molecule has 0 unspecified atom stereocenters. The lowest BCUT2D eigenvalue weighted by Crippen LogP contribution is -2.44. The Morgan fingerprint density at radius 2 is 1.77 bits per heavy atom. The van der Waals surface area contributed by atoms with Crippen LogP contribution in [-0.4, -0.2) is 17.9 Å². The average molecular weight is 352 g/mol. The number of carbonyl (C=O) groups excluding carboxylic acids is 2. The Kier molecular flexibility index (Phi) is 5.56. The van der Waals surface area contributed by atoms with Crippen LogP contribution in [0.4, 0.5) is 0 Å². The minimum Gasteiger partial charge on any atom is -0.491 e. The largest absolute Gasteiger partial charge is 0.491 e. The normalized spacial score (nSPS) is 15.9. The van der Waals surface area contributed by atoms with Crippen LogP contribution in [0.25, 0.3) is 0 Å². The Morgan fingerprint density at radius 3 is 2.50 bits per heavy atom. The SMILES string of the molecule is CC(C)Oc1ccc(C(=O)NNC(=O)[C@@H]2CCCc3ccccc32)cc1. The zero-order valence-corrected chi connectivity index (χ0v) is 15.1. The van der Waals surface area contributed by atoms with Gasteiger partial charge in [-0.1, -0.05) is 24.3 Å². The van der Waals surface area contributed by atoms with Gasteiger partial charge < -0.3 is 4.74 Å². The Labute approximate surface area is 153 Å². The summed E-state index contributed by atoms with van der Waals surface area (Å²) in [6.07, 6.45) is 2.84. The van der Waals surface area contributed by atoms with Gasteiger partial charge in [0.1, 0.15) is 5.75 Å². The highest BCUT2D eigenvalue weighted by atomic mass is 16.5. The van der Waals surface area contributed by atoms with E-state index < -0.39 is 0 Å². The molecule has 2 amide bonds. The van der Waals surface area contributed by atoms with Crippen LogP contribution in [0, 0.1) is 0 Å². The van der Waals surface area contributed by atoms with Gasteiger partial charge in [-0.05, 0) is 68.5 Å². The summed E-state index contributed by atoms with van der Waals surface area (Å²) in [5.74, 6) is -0.0368. The second kappa shape index (κ2) is 8.04. The maximum Gasteiger partial charge on any atom is 0.269 e. The van der Waals surface area contributed by atoms with E-state index in [2.05, 4.69) is 16.9 Å². The molecule has 0 aromatic heterocycles. The van der Waals surface area contributed by atoms with Crippen molar-refractivity contribution < 1.29 is 14.3 Å². The third-order valence-corrected chi connectivity index (χ3v) is 4.47. The van der Waals surface area contributed by atoms with Crippen LogP contribution in [0.15, 0.2) is 48.5 Å². The summed E-state index contributed by atoms with van der Waals surface area (Å²) in [4.78, 5) is 24.8. The predicted molar refractivity (Wildman–Crippen MR) is 99.9 cm³/mol. The number of rotatable bonds is 4. The van der Waals surface area contributed by atoms with Crippen LogP contribution in [-0.2, 0) is 11.2 Å². The first-order valence-electron chi connectivity index (χ1n) is 8.99. The van der Waals surface area contributed by atoms with E-state index in [1.54, 1.807) is 24.3 Å². The van der Waals surface area contributed by atoms with E-state index in [0.29, 0.717) is 11.3 Å². The highest BCUT2D eigenvalue weighted by molar-refractivity contribution is 5.96. The molecule has 2 N–H and O–H groups in total. The number of aryl methyl sites for hydroxylation is 1. The molecule has 26 heavy (non-hydrogen) atoms. The highest BCUT2D eigenvalue weighted by Crippen LogP contribution is 2.31. The van der Waals surface area contributed by atoms with Gasteiger partial charge in [0.25, 0.3) is 5.91 Å². The lowest BCUT2D eigenvalue weighted by Gasteiger charge is -2.24. The van der Waals surface area contributed by atoms with E-state index in [1.165, 1.54) is 5.56 Å². The van der Waals surface area contributed by atoms with Crippen LogP contribution in [0.1, 0.15) is 54.1 Å². The summed E-state index contributed by atoms with van der Waals surface area (Å²) in [5.41, 5.74) is 7.81. The monoisotopic (exact) mass is 352 g/mol. The van der Waals surface area contributed by atoms with E-state index in [9.17, 15) is 9.59 Å². The van der Waals surface area contributed by atoms with E-state index in [-0.39, 0.29) is 23.8 Å². The molecular weight excluding hydrogens is 328 g/mol. The molecule has 0 heterocycles. The molecule has 0 bridgehead atoms. The number of ether oxygens (including phenoxy) is 1. The van der Waals surface area contributed by atoms with Gasteiger partial charge >= 0.3 is 0 Å². The van der Waals surface area contributed by atoms with Gasteiger partial charge in [-0.3, -0.25) is 20.4 Å². The van der Waals surface area contributed by atoms with E-state index in [0.717, 1.165) is 24.8 Å². The molecular formula is C21H24N2O3. The lowest BCUT2D eigenvalue weighted by atomic mass is 9.82. The van der Waals surface area contributed by atoms with Gasteiger partial charge in [0, 0.05) is 5.56 Å². The average Bonchev–Trinajstić information content (AvgIpc) is 2.65. The first-order valence-corrected chi connectivity index (χ1v) is 8.99. The molecule has 1 aliphatic rings. The summed E-state index contributed by atoms with van der Waals surface area (Å²) in [6, 6.07) is 14.8. The molecule has 0 saturated heterocycles. The molecule has 0 aliphatic heterocycles. The van der Waals surface area contributed by atoms with Crippen molar-refractivity contribution in [3.05, 3.63) is 65.2 Å². The van der Waals surface area contributed by atoms with Crippen molar-refractivity contribution in [1.82, 2.24) is 10.9 Å². The molecule has 0 radical (unpaired) electrons. The number of hydrazine groups is 1. The molecule has 1 aliphatic carbocycles. The molecule has 1 atom stereocenters. The predicted octanol–water partition coefficient (Wildman–Crippen LogP) is 3.35. The lowest BCUT2D eigenvalue weighted by molar-refractivity contribution is -0.123. The van der Waals surface area contributed by atoms with Gasteiger partial charge in [0.15, 0.2) is 0 Å². The van der Waals surface area contributed by atoms with Crippen LogP contribution < -0.4 is 15.6 Å². The summed E-state index contributed by atoms with van der Waals surface area (Å²) < 4.78 is 5.56. The topological polar surface area (TPSA) is 67.4 Å². The fourth-order valence-electron chi connectivity index (χ4n) is 3.26. The van der Waals surface area contributed by atoms with Crippen molar-refractivity contribution in [2.45, 2.75) is 45.1 Å². The minimum absolute atomic E-state index is 0.0762. The maximum absolute atomic E-state index is 12.5. The van der Waals surface area contributed by atoms with Gasteiger partial charge in [-0.25, -0.2) is 0 Å². The van der Waals surface area contributed by atoms with Gasteiger partial charge in [-0.2, -0.15) is 0 Å². The molecule has 0 saturated carbocycles. The van der Waals surface area contributed by atoms with Crippen LogP contribution >= 0.6 is 0 Å². The zero-order valence-electron chi connectivity index (χ0n) is 15.1. The van der Waals surface area contributed by atoms with Crippen LogP contribution in [0.5, 0.6) is 5.75 Å². The second-order valence-electron chi connectivity index (χ2n) is 6.78. The van der Waals surface area contributed by atoms with Gasteiger partial charge in [-0.15, -0.1) is 0 Å². The Morgan fingerprint density at radius 1 is 1.04 bits per heavy atom. The zero-order chi connectivity index (χ0) is 18.5. The molecule has 0 spiro atoms. The van der Waals surface area contributed by atoms with E-state index in [1.807, 2.05) is 32.0 Å². The number of fused-ring (bicyclic) bond motifs is 1. The summed E-state index contributed by atoms with van der Waals surface area (Å²) in [6.45, 7) is 3.89. The molecule has 2 aromatic rings. The Hall–Kier alpha value is -2.82. The molecule has 5 nitrogen and oxygen atoms in total. The first kappa shape index (κ1) is 18.0. The summed E-state index contributed by atoms with van der Waals surface area (Å²) in [7, 11) is 0. The molecule has 3 rings (SSSR count). The van der Waals surface area contributed by atoms with Crippen molar-refractivity contribution in [3.8, 4) is 5.75 Å². The fourth-order valence-corrected chi connectivity index (χ4v) is 3.26. The van der Waals surface area contributed by atoms with Gasteiger partial charge in [0.2, 0.25) is 5.91 Å². The second-order valence-corrected chi connectivity index (χ2v) is 6.78. The molecule has 136 valence electrons. The number of benzene rings is 2. The molecule has 2 aromatic carbocycles. The smallest absolute Gasteiger partial charge is 0.269 e. The number of hydrogen-bond donors (Lipinski definition) is 2. The van der Waals surface area contributed by atoms with E-state index >= 15 is 0 Å². The van der Waals surface area contributed by atoms with Crippen molar-refractivity contribution in [3.63, 3.8) is 0 Å². The standard InChI is InChI=1S/C21H24N2O3/c1-14(2)26-17-12-10-16(11-13-17)20(24)22-23-21(25)19-9-5-7-15-6-3-4-8-18(15)19/h3-4,6,8,10-14,19H,5,7,9H2,1-2H3,(H,22,24)(H,23,25)/t19-/m1/s1. The van der Waals surface area contributed by atoms with Crippen LogP contribution in [0.2, 0.25) is 0 Å². The highest BCUT2D eigenvalue weighted by Gasteiger charge is 2.26. The summed E-state index contributed by atoms with van der Waals surface area (Å²) in [5, 5.41) is 0. The minimum atomic E-state index is -0.349. The maximum atomic E-state index is 12.5. The van der Waals surface area contributed by atoms with Crippen molar-refractivity contribution >= 4 is 11.8 Å². The van der Waals surface area contributed by atoms with Crippen molar-refractivity contribution in [2.75, 3.05) is 0 Å². The Bertz CT molecular complexity index is 784. The van der Waals surface area contributed by atoms with Crippen LogP contribution in [0.3, 0.4) is 0 Å². The van der Waals surface area contributed by atoms with Gasteiger partial charge in [0.05, 0.1) is 12.0 Å². The number of hydrogen-bond acceptors (Lipinski definition) is 3. The number of carbonyl (C=O) groups is 2. The summed E-state index contributed by atoms with van der Waals surface area (Å²) >= 11 is 0. The molecule has 5 heteroatoms. The Balaban J connectivity index is 1.59. The van der Waals surface area contributed by atoms with E-state index in [4.69, 9.17) is 4.74 Å². The first-order chi connectivity index (χ1) is 12.5. The quantitative estimate of drug-likeness (QED) is 0.829. The number of nitrogens with one attached hydrogen (secondary N) is 2. The third kappa shape index (κ3) is 4.23. The molecule has 0 fully saturated rings. The number of amides is 2.